The first-order chi connectivity index (χ1) is 8.41. The maximum atomic E-state index is 13.4. The minimum Gasteiger partial charge on any atom is -0.348 e. The van der Waals surface area contributed by atoms with Crippen molar-refractivity contribution in [3.63, 3.8) is 0 Å². The Morgan fingerprint density at radius 1 is 1.39 bits per heavy atom. The summed E-state index contributed by atoms with van der Waals surface area (Å²) >= 11 is 0. The summed E-state index contributed by atoms with van der Waals surface area (Å²) in [5.74, 6) is -2.34. The topological polar surface area (TPSA) is 42.2 Å². The quantitative estimate of drug-likeness (QED) is 0.813. The van der Waals surface area contributed by atoms with Crippen LogP contribution in [0.5, 0.6) is 0 Å². The van der Waals surface area contributed by atoms with Crippen molar-refractivity contribution >= 4 is 0 Å². The summed E-state index contributed by atoms with van der Waals surface area (Å²) in [6.07, 6.45) is 0.120. The zero-order valence-corrected chi connectivity index (χ0v) is 10.2. The molecule has 5 heteroatoms. The van der Waals surface area contributed by atoms with E-state index in [9.17, 15) is 8.78 Å². The van der Waals surface area contributed by atoms with Gasteiger partial charge in [-0.25, -0.2) is 8.78 Å². The van der Waals surface area contributed by atoms with Crippen LogP contribution in [0.4, 0.5) is 8.78 Å². The fraction of sp³-hybridized carbons (Fsp3) is 0.462. The molecule has 1 aliphatic rings. The van der Waals surface area contributed by atoms with Gasteiger partial charge in [-0.1, -0.05) is 0 Å². The highest BCUT2D eigenvalue weighted by Gasteiger charge is 2.32. The number of rotatable bonds is 2. The molecule has 0 aliphatic carbocycles. The highest BCUT2D eigenvalue weighted by atomic mass is 19.1. The van der Waals surface area contributed by atoms with Crippen LogP contribution in [0.25, 0.3) is 0 Å². The second-order valence-electron chi connectivity index (χ2n) is 4.70. The largest absolute Gasteiger partial charge is 0.348 e. The van der Waals surface area contributed by atoms with Crippen LogP contribution in [0.2, 0.25) is 0 Å². The molecule has 0 saturated carbocycles. The van der Waals surface area contributed by atoms with Crippen LogP contribution < -0.4 is 0 Å². The van der Waals surface area contributed by atoms with E-state index < -0.39 is 23.0 Å². The van der Waals surface area contributed by atoms with E-state index in [-0.39, 0.29) is 6.10 Å². The Morgan fingerprint density at radius 3 is 2.44 bits per heavy atom. The fourth-order valence-corrected chi connectivity index (χ4v) is 1.98. The van der Waals surface area contributed by atoms with Crippen LogP contribution in [0.15, 0.2) is 12.1 Å². The zero-order chi connectivity index (χ0) is 13.3. The summed E-state index contributed by atoms with van der Waals surface area (Å²) in [7, 11) is 0. The number of benzene rings is 1. The van der Waals surface area contributed by atoms with Gasteiger partial charge in [0.05, 0.1) is 12.7 Å². The van der Waals surface area contributed by atoms with Crippen molar-refractivity contribution in [2.45, 2.75) is 32.2 Å². The summed E-state index contributed by atoms with van der Waals surface area (Å²) in [5, 5.41) is 8.57. The number of hydrogen-bond donors (Lipinski definition) is 0. The molecule has 1 atom stereocenters. The molecule has 1 unspecified atom stereocenters. The average molecular weight is 253 g/mol. The summed E-state index contributed by atoms with van der Waals surface area (Å²) < 4.78 is 37.7. The molecule has 18 heavy (non-hydrogen) atoms. The van der Waals surface area contributed by atoms with E-state index in [4.69, 9.17) is 14.7 Å². The van der Waals surface area contributed by atoms with Crippen LogP contribution >= 0.6 is 0 Å². The maximum absolute atomic E-state index is 13.4. The lowest BCUT2D eigenvalue weighted by atomic mass is 10.1. The molecule has 3 nitrogen and oxygen atoms in total. The molecule has 0 aromatic heterocycles. The molecule has 1 heterocycles. The minimum atomic E-state index is -0.842. The number of ether oxygens (including phenoxy) is 2. The van der Waals surface area contributed by atoms with E-state index in [2.05, 4.69) is 0 Å². The Kier molecular flexibility index (Phi) is 3.33. The van der Waals surface area contributed by atoms with Gasteiger partial charge in [-0.15, -0.1) is 0 Å². The second kappa shape index (κ2) is 4.63. The number of halogens is 2. The molecule has 1 aromatic rings. The first-order valence-corrected chi connectivity index (χ1v) is 5.61. The molecule has 1 saturated heterocycles. The van der Waals surface area contributed by atoms with Crippen molar-refractivity contribution in [1.29, 1.82) is 5.26 Å². The van der Waals surface area contributed by atoms with Gasteiger partial charge in [-0.2, -0.15) is 5.26 Å². The summed E-state index contributed by atoms with van der Waals surface area (Å²) in [6.45, 7) is 3.95. The number of nitriles is 1. The summed E-state index contributed by atoms with van der Waals surface area (Å²) in [4.78, 5) is 0. The Hall–Kier alpha value is -1.51. The number of hydrogen-bond acceptors (Lipinski definition) is 3. The third kappa shape index (κ3) is 2.66. The van der Waals surface area contributed by atoms with Gasteiger partial charge in [-0.3, -0.25) is 0 Å². The lowest BCUT2D eigenvalue weighted by molar-refractivity contribution is -0.138. The highest BCUT2D eigenvalue weighted by molar-refractivity contribution is 5.35. The first kappa shape index (κ1) is 12.9. The van der Waals surface area contributed by atoms with Gasteiger partial charge in [0.25, 0.3) is 0 Å². The van der Waals surface area contributed by atoms with Crippen LogP contribution in [0, 0.1) is 23.0 Å². The SMILES string of the molecule is CC1(C)OCC(Cc2cc(F)c(C#N)c(F)c2)O1. The third-order valence-corrected chi connectivity index (χ3v) is 2.74. The monoisotopic (exact) mass is 253 g/mol. The van der Waals surface area contributed by atoms with Gasteiger partial charge in [0, 0.05) is 6.42 Å². The van der Waals surface area contributed by atoms with Crippen LogP contribution in [0.3, 0.4) is 0 Å². The highest BCUT2D eigenvalue weighted by Crippen LogP contribution is 2.25. The van der Waals surface area contributed by atoms with Gasteiger partial charge < -0.3 is 9.47 Å². The lowest BCUT2D eigenvalue weighted by Gasteiger charge is -2.17. The summed E-state index contributed by atoms with van der Waals surface area (Å²) in [5.41, 5.74) is -0.0991. The van der Waals surface area contributed by atoms with Crippen molar-refractivity contribution in [2.75, 3.05) is 6.61 Å². The van der Waals surface area contributed by atoms with Crippen LogP contribution in [-0.4, -0.2) is 18.5 Å². The van der Waals surface area contributed by atoms with Crippen molar-refractivity contribution in [3.05, 3.63) is 34.9 Å². The van der Waals surface area contributed by atoms with E-state index in [1.165, 1.54) is 6.07 Å². The molecule has 0 N–H and O–H groups in total. The van der Waals surface area contributed by atoms with E-state index in [0.717, 1.165) is 12.1 Å². The Bertz CT molecular complexity index is 485. The molecule has 1 fully saturated rings. The van der Waals surface area contributed by atoms with Crippen molar-refractivity contribution in [2.24, 2.45) is 0 Å². The van der Waals surface area contributed by atoms with Crippen molar-refractivity contribution in [3.8, 4) is 6.07 Å². The Balaban J connectivity index is 2.14. The molecule has 0 amide bonds. The molecule has 1 aromatic carbocycles. The van der Waals surface area contributed by atoms with E-state index in [1.54, 1.807) is 13.8 Å². The minimum absolute atomic E-state index is 0.230. The smallest absolute Gasteiger partial charge is 0.163 e. The predicted molar refractivity (Wildman–Crippen MR) is 59.7 cm³/mol. The van der Waals surface area contributed by atoms with Crippen molar-refractivity contribution in [1.82, 2.24) is 0 Å². The zero-order valence-electron chi connectivity index (χ0n) is 10.2. The van der Waals surface area contributed by atoms with Crippen LogP contribution in [0.1, 0.15) is 25.0 Å². The lowest BCUT2D eigenvalue weighted by Crippen LogP contribution is -2.22. The van der Waals surface area contributed by atoms with Crippen LogP contribution in [-0.2, 0) is 15.9 Å². The van der Waals surface area contributed by atoms with E-state index >= 15 is 0 Å². The molecular formula is C13H13F2NO2. The Morgan fingerprint density at radius 2 is 2.00 bits per heavy atom. The number of nitrogens with zero attached hydrogens (tertiary/aromatic N) is 1. The van der Waals surface area contributed by atoms with Gasteiger partial charge >= 0.3 is 0 Å². The Labute approximate surface area is 104 Å². The fourth-order valence-electron chi connectivity index (χ4n) is 1.98. The van der Waals surface area contributed by atoms with E-state index in [1.807, 2.05) is 0 Å². The summed E-state index contributed by atoms with van der Waals surface area (Å²) in [6, 6.07) is 3.82. The molecule has 0 radical (unpaired) electrons. The van der Waals surface area contributed by atoms with E-state index in [0.29, 0.717) is 18.6 Å². The molecule has 96 valence electrons. The normalized spacial score (nSPS) is 21.8. The predicted octanol–water partition coefficient (Wildman–Crippen LogP) is 2.53. The standard InChI is InChI=1S/C13H13F2NO2/c1-13(2)17-7-9(18-13)3-8-4-11(14)10(6-16)12(15)5-8/h4-5,9H,3,7H2,1-2H3. The maximum Gasteiger partial charge on any atom is 0.163 e. The molecule has 0 bridgehead atoms. The third-order valence-electron chi connectivity index (χ3n) is 2.74. The second-order valence-corrected chi connectivity index (χ2v) is 4.70. The van der Waals surface area contributed by atoms with Gasteiger partial charge in [0.15, 0.2) is 5.79 Å². The van der Waals surface area contributed by atoms with Gasteiger partial charge in [0.2, 0.25) is 0 Å². The molecule has 1 aliphatic heterocycles. The first-order valence-electron chi connectivity index (χ1n) is 5.61. The molecule has 2 rings (SSSR count). The average Bonchev–Trinajstić information content (AvgIpc) is 2.57. The van der Waals surface area contributed by atoms with Gasteiger partial charge in [0.1, 0.15) is 23.3 Å². The van der Waals surface area contributed by atoms with Crippen molar-refractivity contribution < 1.29 is 18.3 Å². The molecular weight excluding hydrogens is 240 g/mol. The van der Waals surface area contributed by atoms with Gasteiger partial charge in [-0.05, 0) is 31.5 Å². The molecule has 0 spiro atoms.